The zero-order chi connectivity index (χ0) is 33.2. The topological polar surface area (TPSA) is 132 Å². The van der Waals surface area contributed by atoms with Crippen LogP contribution in [-0.4, -0.2) is 63.4 Å². The Morgan fingerprint density at radius 1 is 0.917 bits per heavy atom. The molecule has 48 heavy (non-hydrogen) atoms. The summed E-state index contributed by atoms with van der Waals surface area (Å²) in [7, 11) is 0. The molecule has 3 aromatic carbocycles. The van der Waals surface area contributed by atoms with Crippen LogP contribution in [0.4, 0.5) is 5.82 Å². The fraction of sp³-hybridized carbons (Fsp3) is 0.368. The number of rotatable bonds is 13. The number of hydrogen-bond donors (Lipinski definition) is 3. The molecule has 5 rings (SSSR count). The molecule has 1 saturated heterocycles. The Bertz CT molecular complexity index is 1600. The van der Waals surface area contributed by atoms with Crippen molar-refractivity contribution >= 4 is 23.5 Å². The molecule has 3 amide bonds. The summed E-state index contributed by atoms with van der Waals surface area (Å²) in [6.45, 7) is 4.69. The lowest BCUT2D eigenvalue weighted by molar-refractivity contribution is -0.135. The molecule has 1 aromatic heterocycles. The highest BCUT2D eigenvalue weighted by Gasteiger charge is 2.32. The molecule has 10 heteroatoms. The third-order valence-electron chi connectivity index (χ3n) is 8.40. The number of carbonyl (C=O) groups excluding carboxylic acids is 3. The maximum absolute atomic E-state index is 14.1. The smallest absolute Gasteiger partial charge is 0.250 e. The van der Waals surface area contributed by atoms with Gasteiger partial charge in [0.25, 0.3) is 5.91 Å². The van der Waals surface area contributed by atoms with Crippen molar-refractivity contribution in [2.45, 2.75) is 64.8 Å². The van der Waals surface area contributed by atoms with E-state index < -0.39 is 29.4 Å². The molecule has 0 saturated carbocycles. The molecule has 4 aromatic rings. The van der Waals surface area contributed by atoms with Crippen LogP contribution >= 0.6 is 0 Å². The van der Waals surface area contributed by atoms with Crippen LogP contribution in [0.2, 0.25) is 0 Å². The molecule has 1 aliphatic heterocycles. The number of amides is 3. The molecule has 2 atom stereocenters. The molecule has 0 radical (unpaired) electrons. The van der Waals surface area contributed by atoms with Crippen LogP contribution in [0.1, 0.15) is 56.8 Å². The summed E-state index contributed by atoms with van der Waals surface area (Å²) in [6, 6.07) is 27.9. The number of piperidine rings is 1. The van der Waals surface area contributed by atoms with Gasteiger partial charge in [-0.3, -0.25) is 14.4 Å². The third kappa shape index (κ3) is 9.85. The zero-order valence-electron chi connectivity index (χ0n) is 27.0. The van der Waals surface area contributed by atoms with Crippen molar-refractivity contribution in [1.29, 1.82) is 0 Å². The average Bonchev–Trinajstić information content (AvgIpc) is 3.53. The Morgan fingerprint density at radius 3 is 2.10 bits per heavy atom. The van der Waals surface area contributed by atoms with Crippen LogP contribution in [0.5, 0.6) is 0 Å². The van der Waals surface area contributed by atoms with Gasteiger partial charge in [0.05, 0.1) is 25.1 Å². The number of hydrogen-bond acceptors (Lipinski definition) is 6. The average molecular weight is 653 g/mol. The molecule has 1 aliphatic rings. The molecule has 2 heterocycles. The van der Waals surface area contributed by atoms with E-state index in [9.17, 15) is 14.4 Å². The van der Waals surface area contributed by atoms with Crippen LogP contribution in [-0.2, 0) is 32.1 Å². The van der Waals surface area contributed by atoms with Gasteiger partial charge in [-0.05, 0) is 55.7 Å². The second kappa shape index (κ2) is 16.9. The normalized spacial score (nSPS) is 14.8. The Morgan fingerprint density at radius 2 is 1.50 bits per heavy atom. The highest BCUT2D eigenvalue weighted by molar-refractivity contribution is 5.98. The first-order valence-corrected chi connectivity index (χ1v) is 16.1. The SMILES string of the molecule is C.CC(C)(N)C(=O)N[C@H](COCc1ccccc1)C(=O)Nc1cn(C(C(=O)N2CCC(Cc3ccccc3)CC2)c2ccccc2)cn1. The molecule has 1 unspecified atom stereocenters. The largest absolute Gasteiger partial charge is 0.374 e. The molecule has 254 valence electrons. The first kappa shape index (κ1) is 36.0. The minimum absolute atomic E-state index is 0. The van der Waals surface area contributed by atoms with Crippen molar-refractivity contribution in [1.82, 2.24) is 19.8 Å². The summed E-state index contributed by atoms with van der Waals surface area (Å²) >= 11 is 0. The van der Waals surface area contributed by atoms with E-state index >= 15 is 0 Å². The standard InChI is InChI=1S/C37H44N6O4.CH4/c1-37(2,38)36(46)40-31(25-47-24-29-14-8-4-9-15-29)34(44)41-32-23-43(26-39-32)33(30-16-10-5-11-17-30)35(45)42-20-18-28(19-21-42)22-27-12-6-3-7-13-27;/h3-17,23,26,28,31,33H,18-22,24-25,38H2,1-2H3,(H,40,46)(H,41,44);1H4/t31-,33?;/m1./s1. The number of benzene rings is 3. The summed E-state index contributed by atoms with van der Waals surface area (Å²) in [5.41, 5.74) is 7.88. The fourth-order valence-corrected chi connectivity index (χ4v) is 5.71. The van der Waals surface area contributed by atoms with Gasteiger partial charge in [-0.2, -0.15) is 0 Å². The molecular weight excluding hydrogens is 604 g/mol. The van der Waals surface area contributed by atoms with Gasteiger partial charge >= 0.3 is 0 Å². The number of nitrogens with two attached hydrogens (primary N) is 1. The van der Waals surface area contributed by atoms with Gasteiger partial charge in [-0.1, -0.05) is 98.4 Å². The van der Waals surface area contributed by atoms with Crippen molar-refractivity contribution in [3.05, 3.63) is 120 Å². The van der Waals surface area contributed by atoms with Crippen LogP contribution in [0.3, 0.4) is 0 Å². The number of imidazole rings is 1. The summed E-state index contributed by atoms with van der Waals surface area (Å²) in [6.07, 6.45) is 6.08. The predicted molar refractivity (Wildman–Crippen MR) is 188 cm³/mol. The van der Waals surface area contributed by atoms with Crippen LogP contribution in [0.25, 0.3) is 0 Å². The van der Waals surface area contributed by atoms with Crippen molar-refractivity contribution < 1.29 is 19.1 Å². The minimum Gasteiger partial charge on any atom is -0.374 e. The molecule has 0 spiro atoms. The van der Waals surface area contributed by atoms with Gasteiger partial charge in [-0.15, -0.1) is 0 Å². The third-order valence-corrected chi connectivity index (χ3v) is 8.40. The first-order valence-electron chi connectivity index (χ1n) is 16.1. The summed E-state index contributed by atoms with van der Waals surface area (Å²) in [4.78, 5) is 46.6. The van der Waals surface area contributed by atoms with Crippen molar-refractivity contribution in [2.75, 3.05) is 25.0 Å². The number of carbonyl (C=O) groups is 3. The highest BCUT2D eigenvalue weighted by atomic mass is 16.5. The second-order valence-corrected chi connectivity index (χ2v) is 12.7. The number of likely N-dealkylation sites (tertiary alicyclic amines) is 1. The van der Waals surface area contributed by atoms with Crippen molar-refractivity contribution in [3.8, 4) is 0 Å². The van der Waals surface area contributed by atoms with Gasteiger partial charge in [0.15, 0.2) is 5.82 Å². The molecule has 10 nitrogen and oxygen atoms in total. The minimum atomic E-state index is -1.20. The predicted octanol–water partition coefficient (Wildman–Crippen LogP) is 4.97. The lowest BCUT2D eigenvalue weighted by atomic mass is 9.89. The number of nitrogens with zero attached hydrogens (tertiary/aromatic N) is 3. The Balaban J connectivity index is 0.00000520. The lowest BCUT2D eigenvalue weighted by Crippen LogP contribution is -2.56. The van der Waals surface area contributed by atoms with E-state index in [2.05, 4.69) is 39.9 Å². The van der Waals surface area contributed by atoms with Crippen molar-refractivity contribution in [2.24, 2.45) is 11.7 Å². The first-order chi connectivity index (χ1) is 22.7. The zero-order valence-corrected chi connectivity index (χ0v) is 27.0. The number of aromatic nitrogens is 2. The van der Waals surface area contributed by atoms with E-state index in [-0.39, 0.29) is 32.4 Å². The Kier molecular flexibility index (Phi) is 12.7. The van der Waals surface area contributed by atoms with E-state index in [0.717, 1.165) is 30.4 Å². The van der Waals surface area contributed by atoms with E-state index in [1.165, 1.54) is 5.56 Å². The van der Waals surface area contributed by atoms with E-state index in [0.29, 0.717) is 19.0 Å². The van der Waals surface area contributed by atoms with Gasteiger partial charge in [0.1, 0.15) is 12.1 Å². The van der Waals surface area contributed by atoms with E-state index in [1.54, 1.807) is 30.9 Å². The summed E-state index contributed by atoms with van der Waals surface area (Å²) < 4.78 is 7.53. The molecule has 0 aliphatic carbocycles. The van der Waals surface area contributed by atoms with E-state index in [4.69, 9.17) is 10.5 Å². The van der Waals surface area contributed by atoms with E-state index in [1.807, 2.05) is 71.6 Å². The van der Waals surface area contributed by atoms with Crippen molar-refractivity contribution in [3.63, 3.8) is 0 Å². The molecular formula is C38H48N6O4. The lowest BCUT2D eigenvalue weighted by Gasteiger charge is -2.34. The van der Waals surface area contributed by atoms with Crippen LogP contribution < -0.4 is 16.4 Å². The van der Waals surface area contributed by atoms with Crippen LogP contribution in [0, 0.1) is 5.92 Å². The number of ether oxygens (including phenoxy) is 1. The summed E-state index contributed by atoms with van der Waals surface area (Å²) in [5.74, 6) is -0.242. The Hall–Kier alpha value is -4.80. The maximum Gasteiger partial charge on any atom is 0.250 e. The Labute approximate surface area is 283 Å². The maximum atomic E-state index is 14.1. The highest BCUT2D eigenvalue weighted by Crippen LogP contribution is 2.27. The van der Waals surface area contributed by atoms with Gasteiger partial charge < -0.3 is 30.6 Å². The molecule has 1 fully saturated rings. The van der Waals surface area contributed by atoms with Crippen LogP contribution in [0.15, 0.2) is 104 Å². The molecule has 0 bridgehead atoms. The fourth-order valence-electron chi connectivity index (χ4n) is 5.71. The second-order valence-electron chi connectivity index (χ2n) is 12.7. The van der Waals surface area contributed by atoms with Gasteiger partial charge in [0, 0.05) is 19.3 Å². The summed E-state index contributed by atoms with van der Waals surface area (Å²) in [5, 5.41) is 5.49. The number of nitrogens with one attached hydrogen (secondary N) is 2. The number of anilines is 1. The quantitative estimate of drug-likeness (QED) is 0.187. The van der Waals surface area contributed by atoms with Gasteiger partial charge in [0.2, 0.25) is 11.8 Å². The monoisotopic (exact) mass is 652 g/mol. The molecule has 4 N–H and O–H groups in total. The van der Waals surface area contributed by atoms with Gasteiger partial charge in [-0.25, -0.2) is 4.98 Å².